The minimum atomic E-state index is -1.37. The molecule has 5 heterocycles. The normalized spacial score (nSPS) is 27.0. The largest absolute Gasteiger partial charge is 0.508 e. The maximum Gasteiger partial charge on any atom is 0.242 e. The summed E-state index contributed by atoms with van der Waals surface area (Å²) >= 11 is 14.5. The van der Waals surface area contributed by atoms with Gasteiger partial charge in [-0.05, 0) is 104 Å². The SMILES string of the molecule is Cc1c(-c2cc(N3C(=O)[C@@H]4C[C@@H]5C(=CC[C@@H]6C(=O)N(c7ccc(N8CCOCC8)cc7)C(=O)[C@@H]65)[C@H](c5cc(Cl)ccc5O)[C@]4(C)C3=O)n(C)n2)sc2ccc(Cl)cc12. The van der Waals surface area contributed by atoms with E-state index in [0.29, 0.717) is 46.0 Å². The molecule has 4 amide bonds. The molecule has 296 valence electrons. The number of amides is 4. The van der Waals surface area contributed by atoms with Crippen molar-refractivity contribution in [3.63, 3.8) is 0 Å². The van der Waals surface area contributed by atoms with Crippen molar-refractivity contribution in [1.29, 1.82) is 0 Å². The number of allylic oxidation sites excluding steroid dienone is 2. The van der Waals surface area contributed by atoms with Crippen LogP contribution in [0.25, 0.3) is 20.7 Å². The average molecular weight is 837 g/mol. The van der Waals surface area contributed by atoms with Crippen LogP contribution in [0, 0.1) is 36.0 Å². The molecular weight excluding hydrogens is 797 g/mol. The molecule has 5 aliphatic rings. The summed E-state index contributed by atoms with van der Waals surface area (Å²) in [6.07, 6.45) is 2.42. The molecule has 5 aromatic rings. The second-order valence-corrected chi connectivity index (χ2v) is 18.1. The zero-order valence-electron chi connectivity index (χ0n) is 31.9. The number of hydrogen-bond donors (Lipinski definition) is 1. The highest BCUT2D eigenvalue weighted by molar-refractivity contribution is 7.22. The van der Waals surface area contributed by atoms with Crippen molar-refractivity contribution in [3.05, 3.63) is 99.6 Å². The lowest BCUT2D eigenvalue weighted by atomic mass is 9.51. The highest BCUT2D eigenvalue weighted by Gasteiger charge is 2.68. The molecule has 58 heavy (non-hydrogen) atoms. The third-order valence-electron chi connectivity index (χ3n) is 13.3. The molecule has 3 saturated heterocycles. The van der Waals surface area contributed by atoms with Gasteiger partial charge in [0.15, 0.2) is 0 Å². The summed E-state index contributed by atoms with van der Waals surface area (Å²) in [5, 5.41) is 18.2. The number of phenolic OH excluding ortho intramolecular Hbond substituents is 1. The van der Waals surface area contributed by atoms with Crippen LogP contribution in [0.2, 0.25) is 10.0 Å². The number of fused-ring (bicyclic) bond motifs is 5. The number of imide groups is 2. The number of anilines is 3. The molecule has 4 fully saturated rings. The lowest BCUT2D eigenvalue weighted by Gasteiger charge is -2.49. The summed E-state index contributed by atoms with van der Waals surface area (Å²) in [4.78, 5) is 64.6. The van der Waals surface area contributed by atoms with Crippen molar-refractivity contribution < 1.29 is 29.0 Å². The van der Waals surface area contributed by atoms with Gasteiger partial charge in [0.2, 0.25) is 23.6 Å². The topological polar surface area (TPSA) is 125 Å². The van der Waals surface area contributed by atoms with Crippen LogP contribution in [0.4, 0.5) is 17.2 Å². The van der Waals surface area contributed by atoms with E-state index in [1.807, 2.05) is 55.5 Å². The van der Waals surface area contributed by atoms with Crippen molar-refractivity contribution in [3.8, 4) is 16.3 Å². The fraction of sp³-hybridized carbons (Fsp3) is 0.341. The standard InChI is InChI=1S/C44H39Cl2N5O6S/c1-22-29-18-24(46)5-13-35(29)58-39(22)33-21-36(48(3)47-33)51-41(54)32-20-30-27(38(44(32,2)43(51)56)31-19-23(45)4-12-34(31)52)10-11-28-37(30)42(55)50(40(28)53)26-8-6-25(7-9-26)49-14-16-57-17-15-49/h4-10,12-13,18-19,21,28,30,32,37-38,52H,11,14-17,20H2,1-3H3/t28-,30+,32-,37-,38+,44+/m0/s1. The number of aromatic nitrogens is 2. The van der Waals surface area contributed by atoms with Gasteiger partial charge >= 0.3 is 0 Å². The number of thiophene rings is 1. The van der Waals surface area contributed by atoms with Crippen LogP contribution >= 0.6 is 34.5 Å². The Balaban J connectivity index is 1.04. The first-order chi connectivity index (χ1) is 27.9. The van der Waals surface area contributed by atoms with E-state index in [2.05, 4.69) is 4.90 Å². The van der Waals surface area contributed by atoms with Crippen LogP contribution in [0.3, 0.4) is 0 Å². The van der Waals surface area contributed by atoms with Crippen LogP contribution in [0.15, 0.2) is 78.4 Å². The smallest absolute Gasteiger partial charge is 0.242 e. The number of aryl methyl sites for hydroxylation is 2. The lowest BCUT2D eigenvalue weighted by Crippen LogP contribution is -2.49. The van der Waals surface area contributed by atoms with Gasteiger partial charge < -0.3 is 14.7 Å². The monoisotopic (exact) mass is 835 g/mol. The molecule has 0 bridgehead atoms. The number of aromatic hydroxyl groups is 1. The van der Waals surface area contributed by atoms with E-state index < -0.39 is 46.8 Å². The van der Waals surface area contributed by atoms with Gasteiger partial charge in [0.05, 0.1) is 46.9 Å². The highest BCUT2D eigenvalue weighted by Crippen LogP contribution is 2.64. The van der Waals surface area contributed by atoms with E-state index in [9.17, 15) is 19.5 Å². The van der Waals surface area contributed by atoms with Gasteiger partial charge in [0.1, 0.15) is 17.3 Å². The van der Waals surface area contributed by atoms with Gasteiger partial charge in [-0.25, -0.2) is 4.90 Å². The molecule has 3 aliphatic heterocycles. The van der Waals surface area contributed by atoms with Crippen LogP contribution in [-0.4, -0.2) is 64.8 Å². The van der Waals surface area contributed by atoms with Gasteiger partial charge in [0, 0.05) is 58.1 Å². The first-order valence-electron chi connectivity index (χ1n) is 19.5. The van der Waals surface area contributed by atoms with Crippen LogP contribution in [-0.2, 0) is 31.0 Å². The highest BCUT2D eigenvalue weighted by atomic mass is 35.5. The predicted octanol–water partition coefficient (Wildman–Crippen LogP) is 7.89. The number of benzene rings is 3. The number of halogens is 2. The molecule has 0 unspecified atom stereocenters. The van der Waals surface area contributed by atoms with E-state index >= 15 is 4.79 Å². The molecule has 11 nitrogen and oxygen atoms in total. The summed E-state index contributed by atoms with van der Waals surface area (Å²) in [5.74, 6) is -4.87. The summed E-state index contributed by atoms with van der Waals surface area (Å²) in [6.45, 7) is 6.57. The quantitative estimate of drug-likeness (QED) is 0.140. The van der Waals surface area contributed by atoms with Crippen LogP contribution < -0.4 is 14.7 Å². The van der Waals surface area contributed by atoms with Gasteiger partial charge in [0.25, 0.3) is 0 Å². The maximum absolute atomic E-state index is 15.2. The molecule has 10 rings (SSSR count). The molecule has 2 aliphatic carbocycles. The molecule has 1 N–H and O–H groups in total. The number of carbonyl (C=O) groups excluding carboxylic acids is 4. The van der Waals surface area contributed by atoms with Crippen LogP contribution in [0.1, 0.15) is 36.8 Å². The molecule has 2 aromatic heterocycles. The Morgan fingerprint density at radius 2 is 1.57 bits per heavy atom. The number of nitrogens with zero attached hydrogens (tertiary/aromatic N) is 5. The third kappa shape index (κ3) is 5.37. The van der Waals surface area contributed by atoms with Gasteiger partial charge in [-0.3, -0.25) is 28.8 Å². The Hall–Kier alpha value is -5.01. The maximum atomic E-state index is 15.2. The van der Waals surface area contributed by atoms with Crippen molar-refractivity contribution >= 4 is 85.4 Å². The van der Waals surface area contributed by atoms with E-state index in [1.165, 1.54) is 15.9 Å². The second-order valence-electron chi connectivity index (χ2n) is 16.2. The van der Waals surface area contributed by atoms with Crippen molar-refractivity contribution in [2.24, 2.45) is 36.1 Å². The number of ether oxygens (including phenoxy) is 1. The van der Waals surface area contributed by atoms with Crippen molar-refractivity contribution in [2.45, 2.75) is 32.6 Å². The third-order valence-corrected chi connectivity index (χ3v) is 15.0. The molecule has 1 saturated carbocycles. The fourth-order valence-electron chi connectivity index (χ4n) is 10.4. The minimum absolute atomic E-state index is 0.0734. The zero-order valence-corrected chi connectivity index (χ0v) is 34.3. The van der Waals surface area contributed by atoms with Crippen molar-refractivity contribution in [1.82, 2.24) is 9.78 Å². The summed E-state index contributed by atoms with van der Waals surface area (Å²) < 4.78 is 8.09. The molecule has 6 atom stereocenters. The molecule has 14 heteroatoms. The van der Waals surface area contributed by atoms with Crippen molar-refractivity contribution in [2.75, 3.05) is 41.0 Å². The van der Waals surface area contributed by atoms with E-state index in [4.69, 9.17) is 33.0 Å². The Morgan fingerprint density at radius 3 is 2.33 bits per heavy atom. The first kappa shape index (κ1) is 37.3. The molecular formula is C44H39Cl2N5O6S. The average Bonchev–Trinajstić information content (AvgIpc) is 3.89. The Kier molecular flexibility index (Phi) is 8.69. The minimum Gasteiger partial charge on any atom is -0.508 e. The number of morpholine rings is 1. The number of carbonyl (C=O) groups is 4. The van der Waals surface area contributed by atoms with Gasteiger partial charge in [-0.1, -0.05) is 34.9 Å². The second kappa shape index (κ2) is 13.5. The fourth-order valence-corrected chi connectivity index (χ4v) is 11.9. The Morgan fingerprint density at radius 1 is 0.862 bits per heavy atom. The Labute approximate surface area is 348 Å². The molecule has 3 aromatic carbocycles. The molecule has 0 radical (unpaired) electrons. The number of rotatable bonds is 5. The summed E-state index contributed by atoms with van der Waals surface area (Å²) in [5.41, 5.74) is 2.88. The zero-order chi connectivity index (χ0) is 40.4. The number of phenols is 1. The number of hydrogen-bond acceptors (Lipinski definition) is 9. The first-order valence-corrected chi connectivity index (χ1v) is 21.0. The molecule has 0 spiro atoms. The predicted molar refractivity (Wildman–Crippen MR) is 223 cm³/mol. The Bertz CT molecular complexity index is 2630. The summed E-state index contributed by atoms with van der Waals surface area (Å²) in [7, 11) is 1.71. The van der Waals surface area contributed by atoms with Gasteiger partial charge in [-0.15, -0.1) is 11.3 Å². The summed E-state index contributed by atoms with van der Waals surface area (Å²) in [6, 6.07) is 19.7. The van der Waals surface area contributed by atoms with E-state index in [1.54, 1.807) is 48.2 Å². The van der Waals surface area contributed by atoms with E-state index in [0.717, 1.165) is 44.9 Å². The van der Waals surface area contributed by atoms with E-state index in [-0.39, 0.29) is 30.4 Å². The van der Waals surface area contributed by atoms with Crippen LogP contribution in [0.5, 0.6) is 5.75 Å². The lowest BCUT2D eigenvalue weighted by molar-refractivity contribution is -0.131. The van der Waals surface area contributed by atoms with Gasteiger partial charge in [-0.2, -0.15) is 5.10 Å².